The maximum Gasteiger partial charge on any atom is 0.368 e. The van der Waals surface area contributed by atoms with Crippen LogP contribution in [0.3, 0.4) is 0 Å². The highest BCUT2D eigenvalue weighted by molar-refractivity contribution is 6.32. The number of benzene rings is 1. The molecule has 1 atom stereocenters. The van der Waals surface area contributed by atoms with Crippen molar-refractivity contribution in [3.05, 3.63) is 23.2 Å². The Kier molecular flexibility index (Phi) is 2.21. The summed E-state index contributed by atoms with van der Waals surface area (Å²) in [5, 5.41) is 3.32. The number of esters is 1. The van der Waals surface area contributed by atoms with Gasteiger partial charge in [0.25, 0.3) is 6.23 Å². The Bertz CT molecular complexity index is 380. The van der Waals surface area contributed by atoms with Crippen molar-refractivity contribution in [3.8, 4) is 5.75 Å². The average Bonchev–Trinajstić information content (AvgIpc) is 2.62. The zero-order valence-corrected chi connectivity index (χ0v) is 8.17. The van der Waals surface area contributed by atoms with Crippen LogP contribution in [-0.4, -0.2) is 19.3 Å². The molecule has 0 aromatic heterocycles. The molecule has 74 valence electrons. The normalized spacial score (nSPS) is 18.0. The van der Waals surface area contributed by atoms with E-state index in [1.54, 1.807) is 18.2 Å². The lowest BCUT2D eigenvalue weighted by atomic mass is 10.3. The summed E-state index contributed by atoms with van der Waals surface area (Å²) >= 11 is 5.87. The van der Waals surface area contributed by atoms with Gasteiger partial charge in [0, 0.05) is 0 Å². The van der Waals surface area contributed by atoms with E-state index in [1.165, 1.54) is 7.11 Å². The molecule has 1 heterocycles. The summed E-state index contributed by atoms with van der Waals surface area (Å²) in [5.41, 5.74) is 0.702. The number of carbonyl (C=O) groups excluding carboxylic acids is 1. The summed E-state index contributed by atoms with van der Waals surface area (Å²) in [6, 6.07) is 5.25. The minimum absolute atomic E-state index is 0.474. The van der Waals surface area contributed by atoms with Crippen molar-refractivity contribution in [1.82, 2.24) is 0 Å². The topological polar surface area (TPSA) is 47.6 Å². The van der Waals surface area contributed by atoms with Crippen LogP contribution in [0.15, 0.2) is 18.2 Å². The Morgan fingerprint density at radius 2 is 2.43 bits per heavy atom. The predicted octanol–water partition coefficient (Wildman–Crippen LogP) is 1.64. The number of rotatable bonds is 1. The van der Waals surface area contributed by atoms with Gasteiger partial charge < -0.3 is 14.8 Å². The highest BCUT2D eigenvalue weighted by atomic mass is 35.5. The Hall–Kier alpha value is -1.42. The number of nitrogens with one attached hydrogen (secondary N) is 1. The molecule has 14 heavy (non-hydrogen) atoms. The maximum atomic E-state index is 11.1. The second kappa shape index (κ2) is 3.38. The molecule has 0 spiro atoms. The van der Waals surface area contributed by atoms with E-state index in [1.807, 2.05) is 0 Å². The molecular weight excluding hydrogens is 206 g/mol. The smallest absolute Gasteiger partial charge is 0.368 e. The van der Waals surface area contributed by atoms with E-state index >= 15 is 0 Å². The van der Waals surface area contributed by atoms with Crippen molar-refractivity contribution < 1.29 is 14.3 Å². The number of halogens is 1. The van der Waals surface area contributed by atoms with Crippen molar-refractivity contribution >= 4 is 23.3 Å². The third-order valence-corrected chi connectivity index (χ3v) is 2.20. The molecule has 0 unspecified atom stereocenters. The van der Waals surface area contributed by atoms with Gasteiger partial charge in [-0.2, -0.15) is 0 Å². The first kappa shape index (κ1) is 9.15. The van der Waals surface area contributed by atoms with Gasteiger partial charge in [-0.3, -0.25) is 0 Å². The van der Waals surface area contributed by atoms with E-state index in [0.717, 1.165) is 0 Å². The molecule has 0 bridgehead atoms. The van der Waals surface area contributed by atoms with Crippen LogP contribution >= 0.6 is 11.6 Å². The molecule has 1 aromatic rings. The Balaban J connectivity index is 2.26. The summed E-state index contributed by atoms with van der Waals surface area (Å²) in [4.78, 5) is 11.1. The Morgan fingerprint density at radius 3 is 3.07 bits per heavy atom. The molecule has 0 amide bonds. The highest BCUT2D eigenvalue weighted by Crippen LogP contribution is 2.38. The lowest BCUT2D eigenvalue weighted by molar-refractivity contribution is -0.146. The first-order valence-electron chi connectivity index (χ1n) is 4.02. The Labute approximate surface area is 85.8 Å². The molecule has 5 heteroatoms. The number of methoxy groups -OCH3 is 1. The summed E-state index contributed by atoms with van der Waals surface area (Å²) in [6.45, 7) is 0. The lowest BCUT2D eigenvalue weighted by Crippen LogP contribution is -2.31. The fourth-order valence-corrected chi connectivity index (χ4v) is 1.46. The molecule has 0 aliphatic carbocycles. The second-order valence-electron chi connectivity index (χ2n) is 2.78. The number of para-hydroxylation sites is 1. The predicted molar refractivity (Wildman–Crippen MR) is 51.5 cm³/mol. The number of carbonyl (C=O) groups is 1. The fourth-order valence-electron chi connectivity index (χ4n) is 1.24. The number of hydrogen-bond acceptors (Lipinski definition) is 4. The van der Waals surface area contributed by atoms with Crippen molar-refractivity contribution in [1.29, 1.82) is 0 Å². The first-order chi connectivity index (χ1) is 6.72. The van der Waals surface area contributed by atoms with Crippen molar-refractivity contribution in [2.45, 2.75) is 6.23 Å². The van der Waals surface area contributed by atoms with Crippen LogP contribution in [0.2, 0.25) is 5.02 Å². The van der Waals surface area contributed by atoms with Gasteiger partial charge in [0.05, 0.1) is 17.8 Å². The first-order valence-corrected chi connectivity index (χ1v) is 4.39. The van der Waals surface area contributed by atoms with E-state index in [-0.39, 0.29) is 0 Å². The molecule has 1 aliphatic heterocycles. The van der Waals surface area contributed by atoms with Crippen LogP contribution < -0.4 is 10.1 Å². The SMILES string of the molecule is COC(=O)[C@H]1Nc2cccc(Cl)c2O1. The summed E-state index contributed by atoms with van der Waals surface area (Å²) in [7, 11) is 1.30. The zero-order valence-electron chi connectivity index (χ0n) is 7.41. The van der Waals surface area contributed by atoms with Gasteiger partial charge in [-0.25, -0.2) is 4.79 Å². The zero-order chi connectivity index (χ0) is 10.1. The van der Waals surface area contributed by atoms with Gasteiger partial charge in [0.2, 0.25) is 0 Å². The third-order valence-electron chi connectivity index (χ3n) is 1.90. The number of anilines is 1. The maximum absolute atomic E-state index is 11.1. The molecule has 0 radical (unpaired) electrons. The quantitative estimate of drug-likeness (QED) is 0.721. The molecule has 0 fully saturated rings. The highest BCUT2D eigenvalue weighted by Gasteiger charge is 2.30. The minimum Gasteiger partial charge on any atom is -0.465 e. The van der Waals surface area contributed by atoms with E-state index < -0.39 is 12.2 Å². The van der Waals surface area contributed by atoms with Gasteiger partial charge >= 0.3 is 5.97 Å². The van der Waals surface area contributed by atoms with Gasteiger partial charge in [-0.15, -0.1) is 0 Å². The van der Waals surface area contributed by atoms with Crippen LogP contribution in [0.5, 0.6) is 5.75 Å². The summed E-state index contributed by atoms with van der Waals surface area (Å²) < 4.78 is 9.81. The monoisotopic (exact) mass is 213 g/mol. The van der Waals surface area contributed by atoms with Crippen molar-refractivity contribution in [2.75, 3.05) is 12.4 Å². The number of ether oxygens (including phenoxy) is 2. The average molecular weight is 214 g/mol. The van der Waals surface area contributed by atoms with Gasteiger partial charge in [-0.05, 0) is 12.1 Å². The van der Waals surface area contributed by atoms with E-state index in [2.05, 4.69) is 10.1 Å². The molecule has 0 saturated carbocycles. The van der Waals surface area contributed by atoms with Crippen LogP contribution in [0.4, 0.5) is 5.69 Å². The van der Waals surface area contributed by atoms with E-state index in [0.29, 0.717) is 16.5 Å². The molecule has 1 aromatic carbocycles. The molecule has 4 nitrogen and oxygen atoms in total. The van der Waals surface area contributed by atoms with Crippen molar-refractivity contribution in [2.24, 2.45) is 0 Å². The molecule has 0 saturated heterocycles. The minimum atomic E-state index is -0.796. The summed E-state index contributed by atoms with van der Waals surface area (Å²) in [6.07, 6.45) is -0.796. The van der Waals surface area contributed by atoms with Crippen LogP contribution in [0.25, 0.3) is 0 Å². The van der Waals surface area contributed by atoms with E-state index in [9.17, 15) is 4.79 Å². The van der Waals surface area contributed by atoms with E-state index in [4.69, 9.17) is 16.3 Å². The van der Waals surface area contributed by atoms with Crippen LogP contribution in [0, 0.1) is 0 Å². The molecule has 1 aliphatic rings. The lowest BCUT2D eigenvalue weighted by Gasteiger charge is -2.07. The van der Waals surface area contributed by atoms with Crippen molar-refractivity contribution in [3.63, 3.8) is 0 Å². The molecular formula is C9H8ClNO3. The fraction of sp³-hybridized carbons (Fsp3) is 0.222. The largest absolute Gasteiger partial charge is 0.465 e. The number of hydrogen-bond donors (Lipinski definition) is 1. The van der Waals surface area contributed by atoms with Crippen LogP contribution in [-0.2, 0) is 9.53 Å². The summed E-state index contributed by atoms with van der Waals surface area (Å²) in [5.74, 6) is 0.0156. The van der Waals surface area contributed by atoms with Gasteiger partial charge in [-0.1, -0.05) is 17.7 Å². The second-order valence-corrected chi connectivity index (χ2v) is 3.19. The Morgan fingerprint density at radius 1 is 1.64 bits per heavy atom. The van der Waals surface area contributed by atoms with Gasteiger partial charge in [0.1, 0.15) is 0 Å². The van der Waals surface area contributed by atoms with Gasteiger partial charge in [0.15, 0.2) is 5.75 Å². The molecule has 1 N–H and O–H groups in total. The number of fused-ring (bicyclic) bond motifs is 1. The third kappa shape index (κ3) is 1.37. The molecule has 2 rings (SSSR count). The van der Waals surface area contributed by atoms with Crippen LogP contribution in [0.1, 0.15) is 0 Å². The standard InChI is InChI=1S/C9H8ClNO3/c1-13-9(12)8-11-6-4-2-3-5(10)7(6)14-8/h2-4,8,11H,1H3/t8-/m0/s1.